The van der Waals surface area contributed by atoms with Gasteiger partial charge in [0.15, 0.2) is 0 Å². The number of rotatable bonds is 10. The Morgan fingerprint density at radius 1 is 0.875 bits per heavy atom. The molecule has 0 nitrogen and oxygen atoms in total. The summed E-state index contributed by atoms with van der Waals surface area (Å²) in [5.41, 5.74) is 0.628. The lowest BCUT2D eigenvalue weighted by Crippen LogP contribution is -2.14. The number of unbranched alkanes of at least 4 members (excludes halogenated alkanes) is 1. The van der Waals surface area contributed by atoms with E-state index in [1.165, 1.54) is 57.8 Å². The van der Waals surface area contributed by atoms with Crippen molar-refractivity contribution in [3.63, 3.8) is 0 Å². The molecule has 98 valence electrons. The van der Waals surface area contributed by atoms with Crippen molar-refractivity contribution >= 4 is 0 Å². The minimum atomic E-state index is 0.628. The number of hydrogen-bond acceptors (Lipinski definition) is 0. The molecule has 0 bridgehead atoms. The molecule has 1 atom stereocenters. The summed E-state index contributed by atoms with van der Waals surface area (Å²) >= 11 is 0. The monoisotopic (exact) mass is 226 g/mol. The van der Waals surface area contributed by atoms with Gasteiger partial charge in [0.25, 0.3) is 0 Å². The lowest BCUT2D eigenvalue weighted by molar-refractivity contribution is 0.245. The van der Waals surface area contributed by atoms with Gasteiger partial charge in [0.1, 0.15) is 0 Å². The van der Waals surface area contributed by atoms with Crippen molar-refractivity contribution in [3.8, 4) is 0 Å². The summed E-state index contributed by atoms with van der Waals surface area (Å²) in [6.07, 6.45) is 12.6. The molecule has 0 radical (unpaired) electrons. The van der Waals surface area contributed by atoms with Crippen LogP contribution in [0.1, 0.15) is 92.4 Å². The molecule has 0 aliphatic carbocycles. The van der Waals surface area contributed by atoms with Crippen LogP contribution >= 0.6 is 0 Å². The largest absolute Gasteiger partial charge is 0.0654 e. The van der Waals surface area contributed by atoms with Gasteiger partial charge in [-0.15, -0.1) is 0 Å². The lowest BCUT2D eigenvalue weighted by Gasteiger charge is -2.28. The highest BCUT2D eigenvalue weighted by Gasteiger charge is 2.20. The minimum Gasteiger partial charge on any atom is -0.0654 e. The standard InChI is InChI=1S/C16H34/c1-6-13-16(5,9-4)14-11-10-12-15(7-2)8-3/h15H,6-14H2,1-5H3. The molecule has 0 aromatic carbocycles. The summed E-state index contributed by atoms with van der Waals surface area (Å²) in [6.45, 7) is 11.8. The predicted octanol–water partition coefficient (Wildman–Crippen LogP) is 6.20. The van der Waals surface area contributed by atoms with Crippen molar-refractivity contribution < 1.29 is 0 Å². The fourth-order valence-corrected chi connectivity index (χ4v) is 2.76. The van der Waals surface area contributed by atoms with Crippen LogP contribution in [0.3, 0.4) is 0 Å². The van der Waals surface area contributed by atoms with Gasteiger partial charge in [-0.1, -0.05) is 79.6 Å². The van der Waals surface area contributed by atoms with Gasteiger partial charge in [-0.25, -0.2) is 0 Å². The van der Waals surface area contributed by atoms with Crippen LogP contribution < -0.4 is 0 Å². The highest BCUT2D eigenvalue weighted by atomic mass is 14.3. The SMILES string of the molecule is CCCC(C)(CC)CCCCC(CC)CC. The van der Waals surface area contributed by atoms with E-state index in [-0.39, 0.29) is 0 Å². The minimum absolute atomic E-state index is 0.628. The van der Waals surface area contributed by atoms with E-state index in [1.54, 1.807) is 0 Å². The van der Waals surface area contributed by atoms with Gasteiger partial charge in [0.2, 0.25) is 0 Å². The van der Waals surface area contributed by atoms with Gasteiger partial charge in [-0.2, -0.15) is 0 Å². The number of hydrogen-bond donors (Lipinski definition) is 0. The van der Waals surface area contributed by atoms with Crippen molar-refractivity contribution in [1.82, 2.24) is 0 Å². The molecule has 1 unspecified atom stereocenters. The van der Waals surface area contributed by atoms with E-state index in [1.807, 2.05) is 0 Å². The molecule has 0 spiro atoms. The van der Waals surface area contributed by atoms with Crippen LogP contribution in [0, 0.1) is 11.3 Å². The highest BCUT2D eigenvalue weighted by molar-refractivity contribution is 4.72. The molecule has 0 aromatic rings. The Bertz CT molecular complexity index is 146. The summed E-state index contributed by atoms with van der Waals surface area (Å²) in [7, 11) is 0. The van der Waals surface area contributed by atoms with Crippen LogP contribution in [0.4, 0.5) is 0 Å². The average molecular weight is 226 g/mol. The molecule has 0 fully saturated rings. The predicted molar refractivity (Wildman–Crippen MR) is 75.8 cm³/mol. The first-order chi connectivity index (χ1) is 7.61. The second-order valence-corrected chi connectivity index (χ2v) is 5.84. The summed E-state index contributed by atoms with van der Waals surface area (Å²) in [6, 6.07) is 0. The maximum absolute atomic E-state index is 2.48. The van der Waals surface area contributed by atoms with Gasteiger partial charge in [0.05, 0.1) is 0 Å². The van der Waals surface area contributed by atoms with E-state index in [0.717, 1.165) is 5.92 Å². The van der Waals surface area contributed by atoms with Crippen LogP contribution in [0.2, 0.25) is 0 Å². The fourth-order valence-electron chi connectivity index (χ4n) is 2.76. The Kier molecular flexibility index (Phi) is 9.07. The molecule has 0 aliphatic heterocycles. The van der Waals surface area contributed by atoms with Crippen LogP contribution in [-0.2, 0) is 0 Å². The Balaban J connectivity index is 3.70. The molecule has 0 saturated carbocycles. The molecule has 0 heterocycles. The normalized spacial score (nSPS) is 15.4. The molecular weight excluding hydrogens is 192 g/mol. The van der Waals surface area contributed by atoms with Crippen molar-refractivity contribution in [3.05, 3.63) is 0 Å². The molecule has 0 aliphatic rings. The molecule has 0 amide bonds. The Hall–Kier alpha value is 0. The van der Waals surface area contributed by atoms with Crippen molar-refractivity contribution in [2.75, 3.05) is 0 Å². The highest BCUT2D eigenvalue weighted by Crippen LogP contribution is 2.33. The van der Waals surface area contributed by atoms with E-state index in [4.69, 9.17) is 0 Å². The Labute approximate surface area is 104 Å². The first kappa shape index (κ1) is 16.0. The zero-order chi connectivity index (χ0) is 12.4. The third-order valence-electron chi connectivity index (χ3n) is 4.50. The second-order valence-electron chi connectivity index (χ2n) is 5.84. The summed E-state index contributed by atoms with van der Waals surface area (Å²) in [4.78, 5) is 0. The van der Waals surface area contributed by atoms with Crippen LogP contribution in [0.25, 0.3) is 0 Å². The second kappa shape index (κ2) is 9.07. The quantitative estimate of drug-likeness (QED) is 0.389. The van der Waals surface area contributed by atoms with Crippen molar-refractivity contribution in [2.45, 2.75) is 92.4 Å². The topological polar surface area (TPSA) is 0 Å². The van der Waals surface area contributed by atoms with Gasteiger partial charge >= 0.3 is 0 Å². The van der Waals surface area contributed by atoms with Gasteiger partial charge in [0, 0.05) is 0 Å². The smallest absolute Gasteiger partial charge is 0.0329 e. The average Bonchev–Trinajstić information content (AvgIpc) is 2.30. The van der Waals surface area contributed by atoms with Gasteiger partial charge in [-0.3, -0.25) is 0 Å². The molecule has 0 N–H and O–H groups in total. The first-order valence-corrected chi connectivity index (χ1v) is 7.61. The zero-order valence-corrected chi connectivity index (χ0v) is 12.4. The Morgan fingerprint density at radius 2 is 1.50 bits per heavy atom. The third-order valence-corrected chi connectivity index (χ3v) is 4.50. The van der Waals surface area contributed by atoms with E-state index in [9.17, 15) is 0 Å². The molecule has 16 heavy (non-hydrogen) atoms. The van der Waals surface area contributed by atoms with E-state index < -0.39 is 0 Å². The van der Waals surface area contributed by atoms with Crippen LogP contribution in [0.15, 0.2) is 0 Å². The Morgan fingerprint density at radius 3 is 1.94 bits per heavy atom. The van der Waals surface area contributed by atoms with Crippen LogP contribution in [-0.4, -0.2) is 0 Å². The van der Waals surface area contributed by atoms with Crippen LogP contribution in [0.5, 0.6) is 0 Å². The summed E-state index contributed by atoms with van der Waals surface area (Å²) in [5, 5.41) is 0. The van der Waals surface area contributed by atoms with Gasteiger partial charge < -0.3 is 0 Å². The van der Waals surface area contributed by atoms with Crippen molar-refractivity contribution in [1.29, 1.82) is 0 Å². The lowest BCUT2D eigenvalue weighted by atomic mass is 9.78. The molecule has 0 aromatic heterocycles. The maximum atomic E-state index is 2.48. The molecule has 0 saturated heterocycles. The molecule has 0 rings (SSSR count). The summed E-state index contributed by atoms with van der Waals surface area (Å²) < 4.78 is 0. The molecular formula is C16H34. The maximum Gasteiger partial charge on any atom is -0.0329 e. The summed E-state index contributed by atoms with van der Waals surface area (Å²) in [5.74, 6) is 0.985. The zero-order valence-electron chi connectivity index (χ0n) is 12.4. The van der Waals surface area contributed by atoms with E-state index in [0.29, 0.717) is 5.41 Å². The van der Waals surface area contributed by atoms with E-state index >= 15 is 0 Å². The van der Waals surface area contributed by atoms with Gasteiger partial charge in [-0.05, 0) is 24.2 Å². The van der Waals surface area contributed by atoms with E-state index in [2.05, 4.69) is 34.6 Å². The molecule has 0 heteroatoms. The van der Waals surface area contributed by atoms with Crippen molar-refractivity contribution in [2.24, 2.45) is 11.3 Å². The third kappa shape index (κ3) is 6.55. The first-order valence-electron chi connectivity index (χ1n) is 7.61. The fraction of sp³-hybridized carbons (Fsp3) is 1.00.